The monoisotopic (exact) mass is 353 g/mol. The third-order valence-corrected chi connectivity index (χ3v) is 5.89. The zero-order chi connectivity index (χ0) is 18.4. The summed E-state index contributed by atoms with van der Waals surface area (Å²) in [6, 6.07) is 4.06. The summed E-state index contributed by atoms with van der Waals surface area (Å²) in [7, 11) is 1.90. The van der Waals surface area contributed by atoms with E-state index in [1.165, 1.54) is 11.1 Å². The van der Waals surface area contributed by atoms with Crippen LogP contribution in [0.4, 0.5) is 0 Å². The molecule has 1 aliphatic carbocycles. The molecule has 0 fully saturated rings. The van der Waals surface area contributed by atoms with Gasteiger partial charge in [-0.3, -0.25) is 9.69 Å². The standard InChI is InChI=1S/C21H27N3O2/c1-4-8-23(3)21(26)14-9-16-15-6-7-18(25)20-19(15)13(11-22-20)10-17(16)24(5-2)12-14/h6-7,9,11,14,17,22,25H,4-5,8,10,12H2,1-3H3. The van der Waals surface area contributed by atoms with Crippen LogP contribution in [0.5, 0.6) is 5.75 Å². The SMILES string of the molecule is CCCN(C)C(=O)C1C=C2c3ccc(O)c4[nH]cc(c34)CC2N(CC)C1. The molecular weight excluding hydrogens is 326 g/mol. The van der Waals surface area contributed by atoms with Gasteiger partial charge in [-0.1, -0.05) is 26.0 Å². The number of phenolic OH excluding ortho intramolecular Hbond substituents is 1. The van der Waals surface area contributed by atoms with Gasteiger partial charge in [-0.05, 0) is 42.2 Å². The Morgan fingerprint density at radius 2 is 2.19 bits per heavy atom. The summed E-state index contributed by atoms with van der Waals surface area (Å²) in [5, 5.41) is 11.3. The largest absolute Gasteiger partial charge is 0.506 e. The van der Waals surface area contributed by atoms with Crippen molar-refractivity contribution in [1.29, 1.82) is 0 Å². The van der Waals surface area contributed by atoms with E-state index in [1.807, 2.05) is 24.2 Å². The van der Waals surface area contributed by atoms with Gasteiger partial charge >= 0.3 is 0 Å². The Morgan fingerprint density at radius 1 is 1.38 bits per heavy atom. The number of nitrogens with zero attached hydrogens (tertiary/aromatic N) is 2. The maximum atomic E-state index is 12.9. The number of rotatable bonds is 4. The number of aromatic nitrogens is 1. The van der Waals surface area contributed by atoms with E-state index in [-0.39, 0.29) is 17.6 Å². The van der Waals surface area contributed by atoms with Gasteiger partial charge in [-0.15, -0.1) is 0 Å². The fraction of sp³-hybridized carbons (Fsp3) is 0.476. The number of carbonyl (C=O) groups is 1. The highest BCUT2D eigenvalue weighted by molar-refractivity contribution is 6.01. The van der Waals surface area contributed by atoms with E-state index in [2.05, 4.69) is 29.8 Å². The van der Waals surface area contributed by atoms with Gasteiger partial charge in [0, 0.05) is 37.8 Å². The number of H-pyrrole nitrogens is 1. The Hall–Kier alpha value is -2.27. The van der Waals surface area contributed by atoms with Crippen LogP contribution >= 0.6 is 0 Å². The third kappa shape index (κ3) is 2.53. The highest BCUT2D eigenvalue weighted by Crippen LogP contribution is 2.43. The van der Waals surface area contributed by atoms with Gasteiger partial charge in [0.25, 0.3) is 0 Å². The second kappa shape index (κ2) is 6.47. The molecule has 1 aliphatic heterocycles. The molecule has 0 spiro atoms. The summed E-state index contributed by atoms with van der Waals surface area (Å²) >= 11 is 0. The van der Waals surface area contributed by atoms with E-state index in [4.69, 9.17) is 0 Å². The predicted molar refractivity (Wildman–Crippen MR) is 104 cm³/mol. The van der Waals surface area contributed by atoms with Crippen molar-refractivity contribution in [2.75, 3.05) is 26.7 Å². The quantitative estimate of drug-likeness (QED) is 0.888. The highest BCUT2D eigenvalue weighted by atomic mass is 16.3. The zero-order valence-corrected chi connectivity index (χ0v) is 15.7. The van der Waals surface area contributed by atoms with Crippen LogP contribution in [-0.2, 0) is 11.2 Å². The number of carbonyl (C=O) groups excluding carboxylic acids is 1. The Kier molecular flexibility index (Phi) is 4.27. The lowest BCUT2D eigenvalue weighted by Gasteiger charge is -2.41. The van der Waals surface area contributed by atoms with Crippen LogP contribution in [0.15, 0.2) is 24.4 Å². The summed E-state index contributed by atoms with van der Waals surface area (Å²) in [5.74, 6) is 0.376. The minimum absolute atomic E-state index is 0.109. The molecule has 2 N–H and O–H groups in total. The van der Waals surface area contributed by atoms with Crippen LogP contribution in [0.3, 0.4) is 0 Å². The van der Waals surface area contributed by atoms with Crippen molar-refractivity contribution in [1.82, 2.24) is 14.8 Å². The van der Waals surface area contributed by atoms with Crippen LogP contribution < -0.4 is 0 Å². The smallest absolute Gasteiger partial charge is 0.230 e. The van der Waals surface area contributed by atoms with Crippen molar-refractivity contribution in [3.63, 3.8) is 0 Å². The normalized spacial score (nSPS) is 22.2. The number of aromatic amines is 1. The molecule has 1 aromatic heterocycles. The Morgan fingerprint density at radius 3 is 2.92 bits per heavy atom. The average molecular weight is 353 g/mol. The van der Waals surface area contributed by atoms with Crippen molar-refractivity contribution in [3.8, 4) is 5.75 Å². The second-order valence-electron chi connectivity index (χ2n) is 7.49. The topological polar surface area (TPSA) is 59.6 Å². The van der Waals surface area contributed by atoms with Crippen LogP contribution in [0.1, 0.15) is 31.4 Å². The summed E-state index contributed by atoms with van der Waals surface area (Å²) < 4.78 is 0. The Bertz CT molecular complexity index is 883. The molecule has 0 radical (unpaired) electrons. The summed E-state index contributed by atoms with van der Waals surface area (Å²) in [6.07, 6.45) is 6.09. The number of benzene rings is 1. The van der Waals surface area contributed by atoms with E-state index in [0.717, 1.165) is 48.9 Å². The van der Waals surface area contributed by atoms with Crippen molar-refractivity contribution in [2.24, 2.45) is 5.92 Å². The van der Waals surface area contributed by atoms with E-state index in [0.29, 0.717) is 6.04 Å². The fourth-order valence-electron chi connectivity index (χ4n) is 4.61. The number of hydrogen-bond acceptors (Lipinski definition) is 3. The fourth-order valence-corrected chi connectivity index (χ4v) is 4.61. The summed E-state index contributed by atoms with van der Waals surface area (Å²) in [4.78, 5) is 20.4. The minimum atomic E-state index is -0.109. The predicted octanol–water partition coefficient (Wildman–Crippen LogP) is 3.00. The van der Waals surface area contributed by atoms with Crippen LogP contribution in [0.2, 0.25) is 0 Å². The van der Waals surface area contributed by atoms with Gasteiger partial charge in [0.05, 0.1) is 11.4 Å². The number of nitrogens with one attached hydrogen (secondary N) is 1. The molecule has 138 valence electrons. The van der Waals surface area contributed by atoms with Crippen molar-refractivity contribution in [3.05, 3.63) is 35.5 Å². The molecule has 2 aliphatic rings. The van der Waals surface area contributed by atoms with Crippen molar-refractivity contribution in [2.45, 2.75) is 32.7 Å². The second-order valence-corrected chi connectivity index (χ2v) is 7.49. The molecule has 2 unspecified atom stereocenters. The molecule has 26 heavy (non-hydrogen) atoms. The molecule has 1 aromatic carbocycles. The van der Waals surface area contributed by atoms with Gasteiger partial charge in [0.1, 0.15) is 5.75 Å². The lowest BCUT2D eigenvalue weighted by molar-refractivity contribution is -0.133. The van der Waals surface area contributed by atoms with Gasteiger partial charge in [-0.2, -0.15) is 0 Å². The summed E-state index contributed by atoms with van der Waals surface area (Å²) in [6.45, 7) is 6.75. The lowest BCUT2D eigenvalue weighted by Crippen LogP contribution is -2.48. The molecule has 4 rings (SSSR count). The molecule has 2 aromatic rings. The van der Waals surface area contributed by atoms with Crippen molar-refractivity contribution >= 4 is 22.4 Å². The van der Waals surface area contributed by atoms with E-state index in [9.17, 15) is 9.90 Å². The zero-order valence-electron chi connectivity index (χ0n) is 15.7. The molecule has 5 nitrogen and oxygen atoms in total. The average Bonchev–Trinajstić information content (AvgIpc) is 3.08. The molecule has 0 saturated heterocycles. The maximum absolute atomic E-state index is 12.9. The van der Waals surface area contributed by atoms with Gasteiger partial charge in [0.2, 0.25) is 5.91 Å². The first-order valence-corrected chi connectivity index (χ1v) is 9.58. The van der Waals surface area contributed by atoms with Gasteiger partial charge in [-0.25, -0.2) is 0 Å². The first-order chi connectivity index (χ1) is 12.5. The summed E-state index contributed by atoms with van der Waals surface area (Å²) in [5.41, 5.74) is 4.44. The Balaban J connectivity index is 1.81. The molecule has 2 heterocycles. The number of amides is 1. The maximum Gasteiger partial charge on any atom is 0.230 e. The van der Waals surface area contributed by atoms with Crippen LogP contribution in [0, 0.1) is 5.92 Å². The molecule has 1 amide bonds. The molecule has 0 saturated carbocycles. The first-order valence-electron chi connectivity index (χ1n) is 9.58. The Labute approximate surface area is 154 Å². The molecule has 5 heteroatoms. The third-order valence-electron chi connectivity index (χ3n) is 5.89. The number of fused-ring (bicyclic) bond motifs is 2. The van der Waals surface area contributed by atoms with Crippen LogP contribution in [-0.4, -0.2) is 58.5 Å². The number of aromatic hydroxyl groups is 1. The van der Waals surface area contributed by atoms with E-state index in [1.54, 1.807) is 6.07 Å². The number of likely N-dealkylation sites (N-methyl/N-ethyl adjacent to an activating group) is 1. The minimum Gasteiger partial charge on any atom is -0.506 e. The van der Waals surface area contributed by atoms with E-state index < -0.39 is 0 Å². The molecule has 0 bridgehead atoms. The highest BCUT2D eigenvalue weighted by Gasteiger charge is 2.37. The number of phenols is 1. The molecule has 2 atom stereocenters. The lowest BCUT2D eigenvalue weighted by atomic mass is 9.79. The van der Waals surface area contributed by atoms with Crippen molar-refractivity contribution < 1.29 is 9.90 Å². The molecular formula is C21H27N3O2. The van der Waals surface area contributed by atoms with Crippen LogP contribution in [0.25, 0.3) is 16.5 Å². The van der Waals surface area contributed by atoms with E-state index >= 15 is 0 Å². The first kappa shape index (κ1) is 17.2. The number of hydrogen-bond donors (Lipinski definition) is 2. The van der Waals surface area contributed by atoms with Gasteiger partial charge in [0.15, 0.2) is 0 Å². The van der Waals surface area contributed by atoms with Gasteiger partial charge < -0.3 is 15.0 Å².